The van der Waals surface area contributed by atoms with Gasteiger partial charge in [0.15, 0.2) is 0 Å². The first-order valence-corrected chi connectivity index (χ1v) is 5.07. The first-order chi connectivity index (χ1) is 6.74. The summed E-state index contributed by atoms with van der Waals surface area (Å²) >= 11 is 3.41. The van der Waals surface area contributed by atoms with Gasteiger partial charge in [-0.1, -0.05) is 22.0 Å². The van der Waals surface area contributed by atoms with Crippen LogP contribution in [0.15, 0.2) is 34.9 Å². The van der Waals surface area contributed by atoms with Crippen molar-refractivity contribution in [1.29, 1.82) is 0 Å². The first-order valence-electron chi connectivity index (χ1n) is 4.28. The number of hydrogen-bond donors (Lipinski definition) is 2. The minimum atomic E-state index is 0.764. The molecule has 1 heterocycles. The number of halogens is 1. The predicted octanol–water partition coefficient (Wildman–Crippen LogP) is 3.22. The van der Waals surface area contributed by atoms with Crippen molar-refractivity contribution in [3.05, 3.63) is 40.6 Å². The Morgan fingerprint density at radius 2 is 2.29 bits per heavy atom. The zero-order valence-electron chi connectivity index (χ0n) is 7.71. The van der Waals surface area contributed by atoms with Crippen molar-refractivity contribution >= 4 is 27.6 Å². The third-order valence-electron chi connectivity index (χ3n) is 1.79. The first kappa shape index (κ1) is 9.27. The molecule has 0 aliphatic rings. The van der Waals surface area contributed by atoms with E-state index in [1.807, 2.05) is 31.2 Å². The Morgan fingerprint density at radius 3 is 2.93 bits per heavy atom. The van der Waals surface area contributed by atoms with E-state index in [-0.39, 0.29) is 0 Å². The van der Waals surface area contributed by atoms with Crippen molar-refractivity contribution in [2.24, 2.45) is 0 Å². The van der Waals surface area contributed by atoms with E-state index in [2.05, 4.69) is 31.2 Å². The summed E-state index contributed by atoms with van der Waals surface area (Å²) in [6.07, 6.45) is 1.79. The second-order valence-corrected chi connectivity index (χ2v) is 3.97. The van der Waals surface area contributed by atoms with Gasteiger partial charge in [-0.15, -0.1) is 0 Å². The van der Waals surface area contributed by atoms with Gasteiger partial charge in [0.05, 0.1) is 0 Å². The number of imidazole rings is 1. The van der Waals surface area contributed by atoms with Gasteiger partial charge in [-0.05, 0) is 25.1 Å². The molecule has 2 N–H and O–H groups in total. The van der Waals surface area contributed by atoms with Crippen LogP contribution in [0.4, 0.5) is 11.6 Å². The molecule has 0 radical (unpaired) electrons. The van der Waals surface area contributed by atoms with Crippen molar-refractivity contribution in [2.45, 2.75) is 6.92 Å². The third kappa shape index (κ3) is 2.14. The molecule has 0 atom stereocenters. The second-order valence-electron chi connectivity index (χ2n) is 3.05. The Bertz CT molecular complexity index is 436. The van der Waals surface area contributed by atoms with Crippen LogP contribution < -0.4 is 5.32 Å². The van der Waals surface area contributed by atoms with Crippen LogP contribution in [-0.4, -0.2) is 9.97 Å². The fraction of sp³-hybridized carbons (Fsp3) is 0.100. The molecule has 2 rings (SSSR count). The highest BCUT2D eigenvalue weighted by Gasteiger charge is 1.97. The molecule has 0 fully saturated rings. The predicted molar refractivity (Wildman–Crippen MR) is 60.7 cm³/mol. The summed E-state index contributed by atoms with van der Waals surface area (Å²) in [6.45, 7) is 1.97. The van der Waals surface area contributed by atoms with E-state index in [9.17, 15) is 0 Å². The van der Waals surface area contributed by atoms with Gasteiger partial charge in [0.1, 0.15) is 0 Å². The Labute approximate surface area is 90.7 Å². The number of aromatic amines is 1. The number of benzene rings is 1. The molecule has 1 aromatic heterocycles. The fourth-order valence-electron chi connectivity index (χ4n) is 1.18. The molecular weight excluding hydrogens is 242 g/mol. The van der Waals surface area contributed by atoms with Gasteiger partial charge in [0, 0.05) is 22.1 Å². The van der Waals surface area contributed by atoms with Gasteiger partial charge in [-0.3, -0.25) is 0 Å². The molecule has 0 saturated carbocycles. The molecule has 0 unspecified atom stereocenters. The highest BCUT2D eigenvalue weighted by molar-refractivity contribution is 9.10. The van der Waals surface area contributed by atoms with E-state index in [1.54, 1.807) is 6.20 Å². The Balaban J connectivity index is 2.18. The van der Waals surface area contributed by atoms with Crippen molar-refractivity contribution < 1.29 is 0 Å². The van der Waals surface area contributed by atoms with E-state index < -0.39 is 0 Å². The molecule has 0 bridgehead atoms. The van der Waals surface area contributed by atoms with Crippen LogP contribution in [0, 0.1) is 6.92 Å². The topological polar surface area (TPSA) is 40.7 Å². The van der Waals surface area contributed by atoms with Crippen molar-refractivity contribution in [3.8, 4) is 0 Å². The van der Waals surface area contributed by atoms with Gasteiger partial charge in [-0.2, -0.15) is 0 Å². The van der Waals surface area contributed by atoms with Crippen LogP contribution in [0.5, 0.6) is 0 Å². The van der Waals surface area contributed by atoms with Crippen LogP contribution in [0.1, 0.15) is 5.69 Å². The van der Waals surface area contributed by atoms with Crippen LogP contribution in [0.2, 0.25) is 0 Å². The van der Waals surface area contributed by atoms with Gasteiger partial charge < -0.3 is 10.3 Å². The zero-order chi connectivity index (χ0) is 9.97. The van der Waals surface area contributed by atoms with E-state index in [1.165, 1.54) is 0 Å². The average molecular weight is 252 g/mol. The number of nitrogens with one attached hydrogen (secondary N) is 2. The van der Waals surface area contributed by atoms with E-state index in [0.29, 0.717) is 0 Å². The number of nitrogens with zero attached hydrogens (tertiary/aromatic N) is 1. The van der Waals surface area contributed by atoms with Gasteiger partial charge in [0.25, 0.3) is 0 Å². The lowest BCUT2D eigenvalue weighted by molar-refractivity contribution is 1.24. The molecule has 1 aromatic carbocycles. The number of rotatable bonds is 2. The SMILES string of the molecule is Cc1cnc(Nc2cccc(Br)c2)[nH]1. The van der Waals surface area contributed by atoms with Crippen molar-refractivity contribution in [2.75, 3.05) is 5.32 Å². The quantitative estimate of drug-likeness (QED) is 0.861. The minimum Gasteiger partial charge on any atom is -0.328 e. The maximum atomic E-state index is 4.16. The van der Waals surface area contributed by atoms with Crippen molar-refractivity contribution in [3.63, 3.8) is 0 Å². The highest BCUT2D eigenvalue weighted by Crippen LogP contribution is 2.18. The Morgan fingerprint density at radius 1 is 1.43 bits per heavy atom. The molecule has 72 valence electrons. The summed E-state index contributed by atoms with van der Waals surface area (Å²) in [7, 11) is 0. The average Bonchev–Trinajstić information content (AvgIpc) is 2.51. The lowest BCUT2D eigenvalue weighted by Gasteiger charge is -2.02. The van der Waals surface area contributed by atoms with Gasteiger partial charge >= 0.3 is 0 Å². The lowest BCUT2D eigenvalue weighted by Crippen LogP contribution is -1.91. The molecule has 2 aromatic rings. The molecule has 0 saturated heterocycles. The summed E-state index contributed by atoms with van der Waals surface area (Å²) < 4.78 is 1.05. The molecule has 0 aliphatic heterocycles. The smallest absolute Gasteiger partial charge is 0.204 e. The standard InChI is InChI=1S/C10H10BrN3/c1-7-6-12-10(13-7)14-9-4-2-3-8(11)5-9/h2-6H,1H3,(H2,12,13,14). The van der Waals surface area contributed by atoms with Crippen LogP contribution in [0.3, 0.4) is 0 Å². The maximum Gasteiger partial charge on any atom is 0.204 e. The molecule has 0 aliphatic carbocycles. The monoisotopic (exact) mass is 251 g/mol. The minimum absolute atomic E-state index is 0.764. The number of aryl methyl sites for hydroxylation is 1. The number of aromatic nitrogens is 2. The zero-order valence-corrected chi connectivity index (χ0v) is 9.30. The maximum absolute atomic E-state index is 4.16. The number of hydrogen-bond acceptors (Lipinski definition) is 2. The molecular formula is C10H10BrN3. The summed E-state index contributed by atoms with van der Waals surface area (Å²) in [5, 5.41) is 3.17. The number of H-pyrrole nitrogens is 1. The largest absolute Gasteiger partial charge is 0.328 e. The lowest BCUT2D eigenvalue weighted by atomic mass is 10.3. The van der Waals surface area contributed by atoms with E-state index in [4.69, 9.17) is 0 Å². The Hall–Kier alpha value is -1.29. The summed E-state index contributed by atoms with van der Waals surface area (Å²) in [5.74, 6) is 0.764. The number of anilines is 2. The van der Waals surface area contributed by atoms with Gasteiger partial charge in [-0.25, -0.2) is 4.98 Å². The van der Waals surface area contributed by atoms with Crippen molar-refractivity contribution in [1.82, 2.24) is 9.97 Å². The van der Waals surface area contributed by atoms with E-state index in [0.717, 1.165) is 21.8 Å². The van der Waals surface area contributed by atoms with Crippen LogP contribution in [0.25, 0.3) is 0 Å². The highest BCUT2D eigenvalue weighted by atomic mass is 79.9. The normalized spacial score (nSPS) is 10.1. The molecule has 0 amide bonds. The second kappa shape index (κ2) is 3.84. The summed E-state index contributed by atoms with van der Waals surface area (Å²) in [5.41, 5.74) is 2.05. The van der Waals surface area contributed by atoms with Crippen LogP contribution >= 0.6 is 15.9 Å². The van der Waals surface area contributed by atoms with E-state index >= 15 is 0 Å². The molecule has 3 nitrogen and oxygen atoms in total. The third-order valence-corrected chi connectivity index (χ3v) is 2.28. The fourth-order valence-corrected chi connectivity index (χ4v) is 1.58. The van der Waals surface area contributed by atoms with Gasteiger partial charge in [0.2, 0.25) is 5.95 Å². The van der Waals surface area contributed by atoms with Crippen LogP contribution in [-0.2, 0) is 0 Å². The molecule has 4 heteroatoms. The molecule has 14 heavy (non-hydrogen) atoms. The molecule has 0 spiro atoms. The summed E-state index contributed by atoms with van der Waals surface area (Å²) in [6, 6.07) is 7.95. The summed E-state index contributed by atoms with van der Waals surface area (Å²) in [4.78, 5) is 7.27. The Kier molecular flexibility index (Phi) is 2.54.